The fourth-order valence-corrected chi connectivity index (χ4v) is 2.20. The molecule has 1 saturated heterocycles. The first-order valence-corrected chi connectivity index (χ1v) is 5.76. The Labute approximate surface area is 103 Å². The Morgan fingerprint density at radius 2 is 1.75 bits per heavy atom. The number of nitrogens with one attached hydrogen (secondary N) is 1. The molecule has 0 bridgehead atoms. The van der Waals surface area contributed by atoms with E-state index in [1.807, 2.05) is 12.1 Å². The molecule has 0 radical (unpaired) electrons. The van der Waals surface area contributed by atoms with E-state index in [9.17, 15) is 5.11 Å². The van der Waals surface area contributed by atoms with Crippen LogP contribution in [-0.2, 0) is 0 Å². The lowest BCUT2D eigenvalue weighted by Gasteiger charge is -2.23. The number of rotatable bonds is 2. The molecule has 1 heterocycles. The zero-order chi connectivity index (χ0) is 10.7. The van der Waals surface area contributed by atoms with Gasteiger partial charge in [-0.25, -0.2) is 0 Å². The highest BCUT2D eigenvalue weighted by Crippen LogP contribution is 2.26. The maximum Gasteiger partial charge on any atom is 0.0761 e. The largest absolute Gasteiger partial charge is 0.389 e. The van der Waals surface area contributed by atoms with Crippen molar-refractivity contribution in [3.8, 4) is 0 Å². The standard InChI is InChI=1S/C13H19NO.ClH/c1-10(15)11-2-4-12(5-3-11)13-6-8-14-9-7-13;/h2-5,10,13-15H,6-9H2,1H3;1H. The van der Waals surface area contributed by atoms with Crippen molar-refractivity contribution in [2.75, 3.05) is 13.1 Å². The fourth-order valence-electron chi connectivity index (χ4n) is 2.20. The van der Waals surface area contributed by atoms with Gasteiger partial charge >= 0.3 is 0 Å². The summed E-state index contributed by atoms with van der Waals surface area (Å²) in [5.74, 6) is 0.703. The minimum absolute atomic E-state index is 0. The first-order chi connectivity index (χ1) is 7.27. The molecule has 1 aliphatic rings. The van der Waals surface area contributed by atoms with Crippen LogP contribution in [0.25, 0.3) is 0 Å². The van der Waals surface area contributed by atoms with Crippen LogP contribution in [0.4, 0.5) is 0 Å². The van der Waals surface area contributed by atoms with Crippen LogP contribution in [0.1, 0.15) is 42.9 Å². The molecule has 90 valence electrons. The van der Waals surface area contributed by atoms with Crippen LogP contribution in [0.3, 0.4) is 0 Å². The van der Waals surface area contributed by atoms with Gasteiger partial charge in [0.1, 0.15) is 0 Å². The van der Waals surface area contributed by atoms with Gasteiger partial charge in [0, 0.05) is 0 Å². The van der Waals surface area contributed by atoms with Gasteiger partial charge < -0.3 is 10.4 Å². The van der Waals surface area contributed by atoms with Gasteiger partial charge in [0.2, 0.25) is 0 Å². The molecule has 2 N–H and O–H groups in total. The van der Waals surface area contributed by atoms with Crippen molar-refractivity contribution < 1.29 is 5.11 Å². The second kappa shape index (κ2) is 6.24. The van der Waals surface area contributed by atoms with E-state index in [1.54, 1.807) is 6.92 Å². The molecule has 16 heavy (non-hydrogen) atoms. The number of piperidine rings is 1. The quantitative estimate of drug-likeness (QED) is 0.835. The molecular weight excluding hydrogens is 222 g/mol. The lowest BCUT2D eigenvalue weighted by atomic mass is 9.89. The fraction of sp³-hybridized carbons (Fsp3) is 0.538. The first kappa shape index (κ1) is 13.5. The van der Waals surface area contributed by atoms with Gasteiger partial charge in [0.05, 0.1) is 6.10 Å². The molecule has 2 nitrogen and oxygen atoms in total. The van der Waals surface area contributed by atoms with Crippen molar-refractivity contribution in [2.24, 2.45) is 0 Å². The van der Waals surface area contributed by atoms with Gasteiger partial charge in [-0.15, -0.1) is 12.4 Å². The number of aliphatic hydroxyl groups excluding tert-OH is 1. The summed E-state index contributed by atoms with van der Waals surface area (Å²) < 4.78 is 0. The van der Waals surface area contributed by atoms with E-state index in [4.69, 9.17) is 0 Å². The maximum atomic E-state index is 9.41. The van der Waals surface area contributed by atoms with E-state index in [1.165, 1.54) is 18.4 Å². The van der Waals surface area contributed by atoms with Gasteiger partial charge in [-0.05, 0) is 49.9 Å². The summed E-state index contributed by atoms with van der Waals surface area (Å²) in [6.45, 7) is 4.06. The Morgan fingerprint density at radius 1 is 1.19 bits per heavy atom. The van der Waals surface area contributed by atoms with E-state index in [0.717, 1.165) is 18.7 Å². The molecular formula is C13H20ClNO. The van der Waals surface area contributed by atoms with Crippen LogP contribution < -0.4 is 5.32 Å². The molecule has 0 aromatic heterocycles. The SMILES string of the molecule is CC(O)c1ccc(C2CCNCC2)cc1.Cl. The molecule has 1 atom stereocenters. The Hall–Kier alpha value is -0.570. The zero-order valence-corrected chi connectivity index (χ0v) is 10.5. The minimum Gasteiger partial charge on any atom is -0.389 e. The van der Waals surface area contributed by atoms with Gasteiger partial charge in [0.25, 0.3) is 0 Å². The van der Waals surface area contributed by atoms with Crippen LogP contribution in [0.15, 0.2) is 24.3 Å². The zero-order valence-electron chi connectivity index (χ0n) is 9.65. The molecule has 1 fully saturated rings. The molecule has 0 amide bonds. The number of hydrogen-bond acceptors (Lipinski definition) is 2. The lowest BCUT2D eigenvalue weighted by Crippen LogP contribution is -2.26. The highest BCUT2D eigenvalue weighted by molar-refractivity contribution is 5.85. The van der Waals surface area contributed by atoms with E-state index < -0.39 is 0 Å². The number of halogens is 1. The second-order valence-electron chi connectivity index (χ2n) is 4.37. The molecule has 1 unspecified atom stereocenters. The average Bonchev–Trinajstić information content (AvgIpc) is 2.30. The van der Waals surface area contributed by atoms with E-state index in [-0.39, 0.29) is 18.5 Å². The third-order valence-corrected chi connectivity index (χ3v) is 3.23. The topological polar surface area (TPSA) is 32.3 Å². The van der Waals surface area contributed by atoms with Crippen molar-refractivity contribution in [2.45, 2.75) is 31.8 Å². The van der Waals surface area contributed by atoms with Crippen LogP contribution in [0, 0.1) is 0 Å². The summed E-state index contributed by atoms with van der Waals surface area (Å²) in [6, 6.07) is 8.42. The Morgan fingerprint density at radius 3 is 2.25 bits per heavy atom. The predicted octanol–water partition coefficient (Wildman–Crippen LogP) is 2.63. The number of benzene rings is 1. The van der Waals surface area contributed by atoms with Gasteiger partial charge in [0.15, 0.2) is 0 Å². The molecule has 0 aliphatic carbocycles. The predicted molar refractivity (Wildman–Crippen MR) is 69.2 cm³/mol. The van der Waals surface area contributed by atoms with Crippen molar-refractivity contribution in [1.29, 1.82) is 0 Å². The summed E-state index contributed by atoms with van der Waals surface area (Å²) in [7, 11) is 0. The van der Waals surface area contributed by atoms with Crippen LogP contribution in [0.5, 0.6) is 0 Å². The van der Waals surface area contributed by atoms with E-state index in [2.05, 4.69) is 17.4 Å². The maximum absolute atomic E-state index is 9.41. The lowest BCUT2D eigenvalue weighted by molar-refractivity contribution is 0.199. The van der Waals surface area contributed by atoms with Crippen molar-refractivity contribution >= 4 is 12.4 Å². The molecule has 1 aromatic rings. The third kappa shape index (κ3) is 3.21. The Balaban J connectivity index is 0.00000128. The number of aliphatic hydroxyl groups is 1. The Bertz CT molecular complexity index is 304. The summed E-state index contributed by atoms with van der Waals surface area (Å²) in [5, 5.41) is 12.8. The molecule has 0 spiro atoms. The summed E-state index contributed by atoms with van der Waals surface area (Å²) in [4.78, 5) is 0. The summed E-state index contributed by atoms with van der Waals surface area (Å²) >= 11 is 0. The van der Waals surface area contributed by atoms with E-state index in [0.29, 0.717) is 5.92 Å². The van der Waals surface area contributed by atoms with Crippen LogP contribution in [-0.4, -0.2) is 18.2 Å². The molecule has 1 aliphatic heterocycles. The van der Waals surface area contributed by atoms with Gasteiger partial charge in [-0.1, -0.05) is 24.3 Å². The van der Waals surface area contributed by atoms with Gasteiger partial charge in [-0.2, -0.15) is 0 Å². The van der Waals surface area contributed by atoms with Crippen LogP contribution >= 0.6 is 12.4 Å². The summed E-state index contributed by atoms with van der Waals surface area (Å²) in [6.07, 6.45) is 2.11. The van der Waals surface area contributed by atoms with Crippen molar-refractivity contribution in [3.05, 3.63) is 35.4 Å². The molecule has 0 saturated carbocycles. The van der Waals surface area contributed by atoms with Crippen molar-refractivity contribution in [3.63, 3.8) is 0 Å². The van der Waals surface area contributed by atoms with E-state index >= 15 is 0 Å². The third-order valence-electron chi connectivity index (χ3n) is 3.23. The highest BCUT2D eigenvalue weighted by atomic mass is 35.5. The molecule has 2 rings (SSSR count). The minimum atomic E-state index is -0.355. The normalized spacial score (nSPS) is 18.9. The van der Waals surface area contributed by atoms with Gasteiger partial charge in [-0.3, -0.25) is 0 Å². The van der Waals surface area contributed by atoms with Crippen LogP contribution in [0.2, 0.25) is 0 Å². The smallest absolute Gasteiger partial charge is 0.0761 e. The monoisotopic (exact) mass is 241 g/mol. The Kier molecular flexibility index (Phi) is 5.26. The van der Waals surface area contributed by atoms with Crippen molar-refractivity contribution in [1.82, 2.24) is 5.32 Å². The number of hydrogen-bond donors (Lipinski definition) is 2. The highest BCUT2D eigenvalue weighted by Gasteiger charge is 2.14. The first-order valence-electron chi connectivity index (χ1n) is 5.76. The molecule has 3 heteroatoms. The second-order valence-corrected chi connectivity index (χ2v) is 4.37. The molecule has 1 aromatic carbocycles. The summed E-state index contributed by atoms with van der Waals surface area (Å²) in [5.41, 5.74) is 2.42. The average molecular weight is 242 g/mol.